The fraction of sp³-hybridized carbons (Fsp3) is 0.158. The number of pyridine rings is 1. The number of para-hydroxylation sites is 1. The SMILES string of the molecule is Cc1ccc(N2C(=O)C(Cl)C2c2cc3ccccc3[nH]c2=S)cc1. The van der Waals surface area contributed by atoms with Crippen molar-refractivity contribution in [2.24, 2.45) is 0 Å². The number of aromatic amines is 1. The van der Waals surface area contributed by atoms with Gasteiger partial charge < -0.3 is 9.88 Å². The van der Waals surface area contributed by atoms with E-state index >= 15 is 0 Å². The Morgan fingerprint density at radius 3 is 2.58 bits per heavy atom. The average Bonchev–Trinajstić information content (AvgIpc) is 2.60. The van der Waals surface area contributed by atoms with Crippen molar-refractivity contribution in [1.29, 1.82) is 0 Å². The van der Waals surface area contributed by atoms with Gasteiger partial charge in [0.25, 0.3) is 0 Å². The number of rotatable bonds is 2. The third-order valence-corrected chi connectivity index (χ3v) is 5.20. The van der Waals surface area contributed by atoms with Crippen LogP contribution in [0, 0.1) is 11.6 Å². The molecule has 0 aliphatic carbocycles. The summed E-state index contributed by atoms with van der Waals surface area (Å²) >= 11 is 11.9. The molecule has 1 aliphatic heterocycles. The highest BCUT2D eigenvalue weighted by Crippen LogP contribution is 2.42. The van der Waals surface area contributed by atoms with Crippen LogP contribution in [0.5, 0.6) is 0 Å². The first-order valence-electron chi connectivity index (χ1n) is 7.72. The Kier molecular flexibility index (Phi) is 3.66. The van der Waals surface area contributed by atoms with Crippen molar-refractivity contribution < 1.29 is 4.79 Å². The molecule has 3 nitrogen and oxygen atoms in total. The Morgan fingerprint density at radius 2 is 1.83 bits per heavy atom. The molecule has 0 radical (unpaired) electrons. The molecule has 1 amide bonds. The molecule has 4 rings (SSSR count). The molecule has 120 valence electrons. The number of carbonyl (C=O) groups excluding carboxylic acids is 1. The summed E-state index contributed by atoms with van der Waals surface area (Å²) in [7, 11) is 0. The Bertz CT molecular complexity index is 996. The molecule has 1 saturated heterocycles. The van der Waals surface area contributed by atoms with E-state index in [0.29, 0.717) is 4.64 Å². The van der Waals surface area contributed by atoms with E-state index in [9.17, 15) is 4.79 Å². The second-order valence-electron chi connectivity index (χ2n) is 6.03. The Labute approximate surface area is 149 Å². The van der Waals surface area contributed by atoms with Crippen LogP contribution in [0.2, 0.25) is 0 Å². The number of β-lactam (4-membered cyclic amide) rings is 1. The van der Waals surface area contributed by atoms with E-state index in [4.69, 9.17) is 23.8 Å². The number of aryl methyl sites for hydroxylation is 1. The van der Waals surface area contributed by atoms with Crippen molar-refractivity contribution in [2.75, 3.05) is 4.90 Å². The summed E-state index contributed by atoms with van der Waals surface area (Å²) in [6, 6.07) is 17.6. The Balaban J connectivity index is 1.82. The number of halogens is 1. The molecule has 0 spiro atoms. The average molecular weight is 355 g/mol. The van der Waals surface area contributed by atoms with Gasteiger partial charge >= 0.3 is 0 Å². The molecular weight excluding hydrogens is 340 g/mol. The zero-order valence-corrected chi connectivity index (χ0v) is 14.6. The second kappa shape index (κ2) is 5.72. The predicted octanol–water partition coefficient (Wildman–Crippen LogP) is 4.90. The highest BCUT2D eigenvalue weighted by Gasteiger charge is 2.48. The van der Waals surface area contributed by atoms with E-state index in [-0.39, 0.29) is 11.9 Å². The van der Waals surface area contributed by atoms with E-state index in [1.54, 1.807) is 4.90 Å². The van der Waals surface area contributed by atoms with Gasteiger partial charge in [-0.15, -0.1) is 11.6 Å². The van der Waals surface area contributed by atoms with Gasteiger partial charge in [-0.3, -0.25) is 4.79 Å². The minimum atomic E-state index is -0.595. The summed E-state index contributed by atoms with van der Waals surface area (Å²) in [5.41, 5.74) is 3.84. The van der Waals surface area contributed by atoms with Crippen molar-refractivity contribution in [3.8, 4) is 0 Å². The van der Waals surface area contributed by atoms with Crippen LogP contribution >= 0.6 is 23.8 Å². The van der Waals surface area contributed by atoms with Gasteiger partial charge in [0.15, 0.2) is 0 Å². The number of aromatic nitrogens is 1. The van der Waals surface area contributed by atoms with Crippen LogP contribution in [0.4, 0.5) is 5.69 Å². The molecule has 3 aromatic rings. The lowest BCUT2D eigenvalue weighted by Crippen LogP contribution is -2.56. The summed E-state index contributed by atoms with van der Waals surface area (Å²) in [6.45, 7) is 2.02. The largest absolute Gasteiger partial charge is 0.346 e. The van der Waals surface area contributed by atoms with Gasteiger partial charge in [0.1, 0.15) is 10.0 Å². The van der Waals surface area contributed by atoms with Gasteiger partial charge in [-0.1, -0.05) is 48.1 Å². The number of carbonyl (C=O) groups is 1. The van der Waals surface area contributed by atoms with Crippen LogP contribution in [0.25, 0.3) is 10.9 Å². The lowest BCUT2D eigenvalue weighted by atomic mass is 9.92. The molecule has 2 aromatic carbocycles. The zero-order chi connectivity index (χ0) is 16.8. The first kappa shape index (κ1) is 15.4. The Morgan fingerprint density at radius 1 is 1.12 bits per heavy atom. The first-order chi connectivity index (χ1) is 11.6. The zero-order valence-electron chi connectivity index (χ0n) is 13.0. The third kappa shape index (κ3) is 2.34. The van der Waals surface area contributed by atoms with Crippen molar-refractivity contribution in [3.63, 3.8) is 0 Å². The molecule has 1 aliphatic rings. The maximum Gasteiger partial charge on any atom is 0.248 e. The second-order valence-corrected chi connectivity index (χ2v) is 6.91. The summed E-state index contributed by atoms with van der Waals surface area (Å²) in [4.78, 5) is 17.3. The molecule has 1 fully saturated rings. The minimum Gasteiger partial charge on any atom is -0.346 e. The number of H-pyrrole nitrogens is 1. The fourth-order valence-corrected chi connectivity index (χ4v) is 3.77. The normalized spacial score (nSPS) is 20.2. The van der Waals surface area contributed by atoms with Gasteiger partial charge in [0, 0.05) is 16.8 Å². The topological polar surface area (TPSA) is 36.1 Å². The number of hydrogen-bond acceptors (Lipinski definition) is 2. The molecule has 24 heavy (non-hydrogen) atoms. The summed E-state index contributed by atoms with van der Waals surface area (Å²) < 4.78 is 0.619. The molecule has 0 bridgehead atoms. The first-order valence-corrected chi connectivity index (χ1v) is 8.56. The van der Waals surface area contributed by atoms with Gasteiger partial charge in [0.2, 0.25) is 5.91 Å². The number of anilines is 1. The monoisotopic (exact) mass is 354 g/mol. The number of nitrogens with zero attached hydrogens (tertiary/aromatic N) is 1. The van der Waals surface area contributed by atoms with Crippen LogP contribution in [0.3, 0.4) is 0 Å². The molecule has 2 atom stereocenters. The standard InChI is InChI=1S/C19H15ClN2OS/c1-11-6-8-13(9-7-11)22-17(16(20)19(22)23)14-10-12-4-2-3-5-15(12)21-18(14)24/h2-10,16-17H,1H3,(H,21,24). The number of amides is 1. The minimum absolute atomic E-state index is 0.0897. The molecule has 2 unspecified atom stereocenters. The van der Waals surface area contributed by atoms with Gasteiger partial charge in [0.05, 0.1) is 6.04 Å². The quantitative estimate of drug-likeness (QED) is 0.403. The van der Waals surface area contributed by atoms with Crippen molar-refractivity contribution >= 4 is 46.3 Å². The van der Waals surface area contributed by atoms with E-state index in [0.717, 1.165) is 27.7 Å². The predicted molar refractivity (Wildman–Crippen MR) is 100 cm³/mol. The van der Waals surface area contributed by atoms with Gasteiger partial charge in [-0.05, 0) is 36.6 Å². The van der Waals surface area contributed by atoms with Crippen LogP contribution in [-0.2, 0) is 4.79 Å². The van der Waals surface area contributed by atoms with Crippen molar-refractivity contribution in [2.45, 2.75) is 18.3 Å². The maximum absolute atomic E-state index is 12.4. The van der Waals surface area contributed by atoms with Crippen LogP contribution in [-0.4, -0.2) is 16.3 Å². The molecule has 2 heterocycles. The Hall–Kier alpha value is -2.17. The van der Waals surface area contributed by atoms with Gasteiger partial charge in [-0.2, -0.15) is 0 Å². The van der Waals surface area contributed by atoms with Gasteiger partial charge in [-0.25, -0.2) is 0 Å². The van der Waals surface area contributed by atoms with E-state index in [2.05, 4.69) is 4.98 Å². The molecule has 1 N–H and O–H groups in total. The number of hydrogen-bond donors (Lipinski definition) is 1. The number of fused-ring (bicyclic) bond motifs is 1. The van der Waals surface area contributed by atoms with E-state index in [1.165, 1.54) is 0 Å². The molecule has 0 saturated carbocycles. The van der Waals surface area contributed by atoms with Crippen LogP contribution < -0.4 is 4.90 Å². The number of alkyl halides is 1. The summed E-state index contributed by atoms with van der Waals surface area (Å²) in [5, 5.41) is 0.454. The smallest absolute Gasteiger partial charge is 0.248 e. The fourth-order valence-electron chi connectivity index (χ4n) is 3.13. The maximum atomic E-state index is 12.4. The summed E-state index contributed by atoms with van der Waals surface area (Å²) in [6.07, 6.45) is 0. The third-order valence-electron chi connectivity index (χ3n) is 4.44. The number of benzene rings is 2. The van der Waals surface area contributed by atoms with E-state index in [1.807, 2.05) is 61.5 Å². The highest BCUT2D eigenvalue weighted by atomic mass is 35.5. The highest BCUT2D eigenvalue weighted by molar-refractivity contribution is 7.71. The lowest BCUT2D eigenvalue weighted by molar-refractivity contribution is -0.123. The number of nitrogens with one attached hydrogen (secondary N) is 1. The van der Waals surface area contributed by atoms with Crippen LogP contribution in [0.15, 0.2) is 54.6 Å². The van der Waals surface area contributed by atoms with Crippen molar-refractivity contribution in [1.82, 2.24) is 4.98 Å². The molecular formula is C19H15ClN2OS. The van der Waals surface area contributed by atoms with E-state index < -0.39 is 5.38 Å². The lowest BCUT2D eigenvalue weighted by Gasteiger charge is -2.44. The molecule has 5 heteroatoms. The molecule has 1 aromatic heterocycles. The van der Waals surface area contributed by atoms with Crippen molar-refractivity contribution in [3.05, 3.63) is 70.4 Å². The van der Waals surface area contributed by atoms with Crippen LogP contribution in [0.1, 0.15) is 17.2 Å². The summed E-state index contributed by atoms with van der Waals surface area (Å²) in [5.74, 6) is -0.0897.